The summed E-state index contributed by atoms with van der Waals surface area (Å²) in [6, 6.07) is 16.1. The van der Waals surface area contributed by atoms with E-state index in [1.165, 1.54) is 19.8 Å². The van der Waals surface area contributed by atoms with E-state index < -0.39 is 0 Å². The van der Waals surface area contributed by atoms with Gasteiger partial charge in [0.2, 0.25) is 11.8 Å². The van der Waals surface area contributed by atoms with Crippen LogP contribution in [0.2, 0.25) is 0 Å². The maximum Gasteiger partial charge on any atom is 0.225 e. The first-order valence-electron chi connectivity index (χ1n) is 8.35. The number of hydrogen-bond acceptors (Lipinski definition) is 6. The van der Waals surface area contributed by atoms with Crippen LogP contribution in [0.1, 0.15) is 0 Å². The summed E-state index contributed by atoms with van der Waals surface area (Å²) in [7, 11) is 0. The first-order valence-corrected chi connectivity index (χ1v) is 10.5. The molecule has 146 valence electrons. The Bertz CT molecular complexity index is 996. The lowest BCUT2D eigenvalue weighted by atomic mass is 10.1. The zero-order valence-electron chi connectivity index (χ0n) is 15.0. The van der Waals surface area contributed by atoms with E-state index in [1.807, 2.05) is 24.3 Å². The summed E-state index contributed by atoms with van der Waals surface area (Å²) in [4.78, 5) is 11.7. The molecule has 0 amide bonds. The highest BCUT2D eigenvalue weighted by molar-refractivity contribution is 14.1. The summed E-state index contributed by atoms with van der Waals surface area (Å²) < 4.78 is 17.5. The van der Waals surface area contributed by atoms with Gasteiger partial charge in [-0.15, -0.1) is 0 Å². The maximum absolute atomic E-state index is 5.23. The molecule has 0 spiro atoms. The predicted octanol–water partition coefficient (Wildman–Crippen LogP) is 6.57. The molecular weight excluding hydrogens is 596 g/mol. The first-order chi connectivity index (χ1) is 14.2. The van der Waals surface area contributed by atoms with Crippen LogP contribution < -0.4 is 0 Å². The highest BCUT2D eigenvalue weighted by Gasteiger charge is 2.06. The number of aromatic nitrogens is 3. The Morgan fingerprint density at radius 1 is 0.655 bits per heavy atom. The van der Waals surface area contributed by atoms with Crippen molar-refractivity contribution in [1.29, 1.82) is 0 Å². The summed E-state index contributed by atoms with van der Waals surface area (Å²) in [6.07, 6.45) is 10.8. The minimum atomic E-state index is 0.591. The van der Waals surface area contributed by atoms with Crippen LogP contribution in [-0.4, -0.2) is 15.0 Å². The zero-order chi connectivity index (χ0) is 20.3. The maximum atomic E-state index is 5.23. The molecule has 3 heterocycles. The Balaban J connectivity index is 0.000000153. The Morgan fingerprint density at radius 2 is 1.24 bits per heavy atom. The molecule has 0 bridgehead atoms. The molecule has 0 aliphatic carbocycles. The van der Waals surface area contributed by atoms with Crippen molar-refractivity contribution in [3.8, 4) is 22.9 Å². The van der Waals surface area contributed by atoms with E-state index in [0.717, 1.165) is 11.1 Å². The number of benzene rings is 2. The molecule has 29 heavy (non-hydrogen) atoms. The molecule has 0 radical (unpaired) electrons. The van der Waals surface area contributed by atoms with Gasteiger partial charge in [0.25, 0.3) is 0 Å². The Morgan fingerprint density at radius 3 is 1.59 bits per heavy atom. The van der Waals surface area contributed by atoms with Crippen molar-refractivity contribution in [2.45, 2.75) is 0 Å². The molecular formula is C21H15I2N3O3. The van der Waals surface area contributed by atoms with Crippen LogP contribution in [0.15, 0.2) is 106 Å². The first kappa shape index (κ1) is 21.2. The van der Waals surface area contributed by atoms with Crippen LogP contribution in [0.25, 0.3) is 22.9 Å². The lowest BCUT2D eigenvalue weighted by Gasteiger charge is -1.98. The summed E-state index contributed by atoms with van der Waals surface area (Å²) in [5.41, 5.74) is 1.81. The predicted molar refractivity (Wildman–Crippen MR) is 126 cm³/mol. The monoisotopic (exact) mass is 611 g/mol. The molecule has 2 aromatic carbocycles. The van der Waals surface area contributed by atoms with Gasteiger partial charge in [0, 0.05) is 18.3 Å². The van der Waals surface area contributed by atoms with Crippen molar-refractivity contribution < 1.29 is 13.3 Å². The van der Waals surface area contributed by atoms with E-state index in [4.69, 9.17) is 8.83 Å². The topological polar surface area (TPSA) is 78.1 Å². The van der Waals surface area contributed by atoms with E-state index in [0.29, 0.717) is 11.8 Å². The number of hydrogen-bond donors (Lipinski definition) is 0. The van der Waals surface area contributed by atoms with Crippen molar-refractivity contribution >= 4 is 45.2 Å². The molecule has 0 aliphatic rings. The molecule has 3 aromatic heterocycles. The minimum Gasteiger partial charge on any atom is -0.452 e. The molecule has 5 rings (SSSR count). The van der Waals surface area contributed by atoms with Crippen LogP contribution >= 0.6 is 45.2 Å². The second-order valence-corrected chi connectivity index (χ2v) is 7.86. The van der Waals surface area contributed by atoms with Crippen molar-refractivity contribution in [1.82, 2.24) is 15.0 Å². The van der Waals surface area contributed by atoms with Gasteiger partial charge in [-0.05, 0) is 81.6 Å². The number of halogens is 2. The van der Waals surface area contributed by atoms with Crippen LogP contribution in [0, 0.1) is 7.14 Å². The van der Waals surface area contributed by atoms with Gasteiger partial charge in [-0.2, -0.15) is 0 Å². The van der Waals surface area contributed by atoms with Crippen LogP contribution in [0.4, 0.5) is 0 Å². The SMILES string of the molecule is Ic1cccc(I)c1.c1cc(-c2ncco2)cc(-c2ncco2)c1.c1cocn1. The molecule has 0 saturated carbocycles. The molecule has 6 nitrogen and oxygen atoms in total. The fourth-order valence-corrected chi connectivity index (χ4v) is 3.83. The third-order valence-corrected chi connectivity index (χ3v) is 4.70. The third-order valence-electron chi connectivity index (χ3n) is 3.35. The molecule has 0 fully saturated rings. The highest BCUT2D eigenvalue weighted by Crippen LogP contribution is 2.24. The van der Waals surface area contributed by atoms with Gasteiger partial charge < -0.3 is 13.3 Å². The van der Waals surface area contributed by atoms with E-state index in [1.54, 1.807) is 31.1 Å². The quantitative estimate of drug-likeness (QED) is 0.211. The van der Waals surface area contributed by atoms with Gasteiger partial charge in [0.05, 0.1) is 18.6 Å². The smallest absolute Gasteiger partial charge is 0.225 e. The summed E-state index contributed by atoms with van der Waals surface area (Å²) >= 11 is 4.60. The second-order valence-electron chi connectivity index (χ2n) is 5.37. The standard InChI is InChI=1S/C12H8N2O2.C6H4I2.C3H3NO/c1-2-9(11-13-4-6-15-11)8-10(3-1)12-14-5-7-16-12;7-5-2-1-3-6(8)4-5;1-2-5-3-4-1/h1-8H;1-4H;1-3H. The van der Waals surface area contributed by atoms with Gasteiger partial charge in [-0.3, -0.25) is 0 Å². The van der Waals surface area contributed by atoms with Gasteiger partial charge in [0.15, 0.2) is 6.39 Å². The average molecular weight is 611 g/mol. The Labute approximate surface area is 194 Å². The average Bonchev–Trinajstić information content (AvgIpc) is 3.54. The van der Waals surface area contributed by atoms with Gasteiger partial charge in [0.1, 0.15) is 18.8 Å². The molecule has 0 saturated heterocycles. The summed E-state index contributed by atoms with van der Waals surface area (Å²) in [5, 5.41) is 0. The van der Waals surface area contributed by atoms with Crippen LogP contribution in [-0.2, 0) is 0 Å². The highest BCUT2D eigenvalue weighted by atomic mass is 127. The number of oxazole rings is 3. The van der Waals surface area contributed by atoms with Crippen molar-refractivity contribution in [2.75, 3.05) is 0 Å². The molecule has 0 unspecified atom stereocenters. The van der Waals surface area contributed by atoms with Crippen LogP contribution in [0.3, 0.4) is 0 Å². The van der Waals surface area contributed by atoms with Crippen molar-refractivity contribution in [3.05, 3.63) is 99.4 Å². The van der Waals surface area contributed by atoms with Crippen molar-refractivity contribution in [2.24, 2.45) is 0 Å². The molecule has 0 N–H and O–H groups in total. The Kier molecular flexibility index (Phi) is 8.43. The molecule has 8 heteroatoms. The normalized spacial score (nSPS) is 9.72. The number of rotatable bonds is 2. The second kappa shape index (κ2) is 11.5. The minimum absolute atomic E-state index is 0.591. The summed E-state index contributed by atoms with van der Waals surface area (Å²) in [5.74, 6) is 1.18. The van der Waals surface area contributed by atoms with E-state index in [-0.39, 0.29) is 0 Å². The fraction of sp³-hybridized carbons (Fsp3) is 0. The third kappa shape index (κ3) is 7.13. The zero-order valence-corrected chi connectivity index (χ0v) is 19.3. The van der Waals surface area contributed by atoms with Gasteiger partial charge in [-0.25, -0.2) is 15.0 Å². The largest absolute Gasteiger partial charge is 0.452 e. The van der Waals surface area contributed by atoms with Gasteiger partial charge >= 0.3 is 0 Å². The van der Waals surface area contributed by atoms with Gasteiger partial charge in [-0.1, -0.05) is 12.1 Å². The molecule has 5 aromatic rings. The molecule has 0 aliphatic heterocycles. The van der Waals surface area contributed by atoms with Crippen LogP contribution in [0.5, 0.6) is 0 Å². The fourth-order valence-electron chi connectivity index (χ4n) is 2.15. The molecule has 0 atom stereocenters. The number of nitrogens with zero attached hydrogens (tertiary/aromatic N) is 3. The summed E-state index contributed by atoms with van der Waals surface area (Å²) in [6.45, 7) is 0. The van der Waals surface area contributed by atoms with E-state index in [2.05, 4.69) is 88.8 Å². The van der Waals surface area contributed by atoms with E-state index in [9.17, 15) is 0 Å². The van der Waals surface area contributed by atoms with E-state index >= 15 is 0 Å². The lowest BCUT2D eigenvalue weighted by Crippen LogP contribution is -1.80. The Hall–Kier alpha value is -2.47. The lowest BCUT2D eigenvalue weighted by molar-refractivity contribution is 0.558. The van der Waals surface area contributed by atoms with Crippen molar-refractivity contribution in [3.63, 3.8) is 0 Å².